The Morgan fingerprint density at radius 1 is 1.12 bits per heavy atom. The fourth-order valence-electron chi connectivity index (χ4n) is 4.78. The molecule has 3 aromatic heterocycles. The van der Waals surface area contributed by atoms with Crippen LogP contribution in [0, 0.1) is 6.92 Å². The van der Waals surface area contributed by atoms with Crippen LogP contribution < -0.4 is 5.32 Å². The van der Waals surface area contributed by atoms with Crippen molar-refractivity contribution in [3.63, 3.8) is 0 Å². The number of piperazine rings is 1. The number of pyridine rings is 2. The summed E-state index contributed by atoms with van der Waals surface area (Å²) >= 11 is 0. The van der Waals surface area contributed by atoms with E-state index in [1.54, 1.807) is 26.2 Å². The van der Waals surface area contributed by atoms with Gasteiger partial charge in [0, 0.05) is 62.9 Å². The summed E-state index contributed by atoms with van der Waals surface area (Å²) in [6.07, 6.45) is -1.69. The van der Waals surface area contributed by atoms with Gasteiger partial charge in [0.15, 0.2) is 0 Å². The van der Waals surface area contributed by atoms with Gasteiger partial charge < -0.3 is 14.8 Å². The molecule has 10 heteroatoms. The molecule has 2 atom stereocenters. The Balaban J connectivity index is 1.74. The van der Waals surface area contributed by atoms with Crippen LogP contribution in [0.4, 0.5) is 19.0 Å². The van der Waals surface area contributed by atoms with E-state index < -0.39 is 18.7 Å². The van der Waals surface area contributed by atoms with Crippen LogP contribution in [0.15, 0.2) is 36.7 Å². The van der Waals surface area contributed by atoms with Crippen molar-refractivity contribution >= 4 is 17.3 Å². The smallest absolute Gasteiger partial charge is 0.336 e. The molecule has 1 aliphatic rings. The van der Waals surface area contributed by atoms with Crippen LogP contribution in [0.25, 0.3) is 16.6 Å². The highest BCUT2D eigenvalue weighted by molar-refractivity contribution is 5.94. The number of nitrogens with one attached hydrogen (secondary N) is 1. The van der Waals surface area contributed by atoms with Crippen molar-refractivity contribution in [3.05, 3.63) is 53.5 Å². The zero-order chi connectivity index (χ0) is 24.6. The van der Waals surface area contributed by atoms with Crippen LogP contribution in [0.1, 0.15) is 34.6 Å². The molecule has 0 saturated carbocycles. The molecule has 0 radical (unpaired) electrons. The summed E-state index contributed by atoms with van der Waals surface area (Å²) in [6, 6.07) is 7.18. The Labute approximate surface area is 195 Å². The van der Waals surface area contributed by atoms with E-state index in [-0.39, 0.29) is 24.7 Å². The Bertz CT molecular complexity index is 1190. The number of aromatic carboxylic acids is 1. The maximum absolute atomic E-state index is 13.8. The number of hydrogen-bond acceptors (Lipinski definition) is 5. The summed E-state index contributed by atoms with van der Waals surface area (Å²) in [6.45, 7) is 4.90. The minimum atomic E-state index is -3.03. The van der Waals surface area contributed by atoms with E-state index in [9.17, 15) is 23.1 Å². The first kappa shape index (κ1) is 24.0. The number of alkyl halides is 3. The molecule has 0 amide bonds. The maximum Gasteiger partial charge on any atom is 0.336 e. The number of carboxylic acid groups (broad SMARTS) is 1. The molecule has 0 spiro atoms. The molecule has 3 aromatic rings. The SMILES string of the molecule is CNc1cc(-c2ccn3c(C(C)N4CCN(C(F)C(F)F)CC4)c(C)c(C(=O)O)cc23)ccn1. The van der Waals surface area contributed by atoms with E-state index in [0.29, 0.717) is 24.5 Å². The fraction of sp³-hybridized carbons (Fsp3) is 0.417. The Kier molecular flexibility index (Phi) is 6.81. The first-order valence-corrected chi connectivity index (χ1v) is 11.1. The van der Waals surface area contributed by atoms with Gasteiger partial charge in [-0.3, -0.25) is 9.80 Å². The summed E-state index contributed by atoms with van der Waals surface area (Å²) in [5.74, 6) is -0.322. The van der Waals surface area contributed by atoms with Crippen molar-refractivity contribution in [2.75, 3.05) is 38.5 Å². The van der Waals surface area contributed by atoms with Crippen molar-refractivity contribution in [2.45, 2.75) is 32.6 Å². The first-order chi connectivity index (χ1) is 16.2. The normalized spacial score (nSPS) is 17.3. The molecule has 1 fully saturated rings. The lowest BCUT2D eigenvalue weighted by Gasteiger charge is -2.39. The zero-order valence-corrected chi connectivity index (χ0v) is 19.3. The van der Waals surface area contributed by atoms with E-state index in [2.05, 4.69) is 15.2 Å². The van der Waals surface area contributed by atoms with E-state index in [1.807, 2.05) is 35.7 Å². The molecule has 0 aromatic carbocycles. The van der Waals surface area contributed by atoms with Crippen LogP contribution in [-0.4, -0.2) is 76.2 Å². The Morgan fingerprint density at radius 2 is 1.79 bits per heavy atom. The summed E-state index contributed by atoms with van der Waals surface area (Å²) in [4.78, 5) is 19.6. The Hall–Kier alpha value is -3.11. The number of rotatable bonds is 7. The number of anilines is 1. The van der Waals surface area contributed by atoms with Gasteiger partial charge in [0.25, 0.3) is 6.43 Å². The lowest BCUT2D eigenvalue weighted by atomic mass is 9.99. The van der Waals surface area contributed by atoms with Crippen LogP contribution in [-0.2, 0) is 0 Å². The average molecular weight is 476 g/mol. The molecule has 7 nitrogen and oxygen atoms in total. The van der Waals surface area contributed by atoms with Crippen LogP contribution in [0.2, 0.25) is 0 Å². The molecule has 2 N–H and O–H groups in total. The van der Waals surface area contributed by atoms with Gasteiger partial charge in [0.1, 0.15) is 5.82 Å². The minimum Gasteiger partial charge on any atom is -0.478 e. The third-order valence-electron chi connectivity index (χ3n) is 6.66. The summed E-state index contributed by atoms with van der Waals surface area (Å²) < 4.78 is 41.3. The summed E-state index contributed by atoms with van der Waals surface area (Å²) in [5, 5.41) is 12.9. The van der Waals surface area contributed by atoms with Gasteiger partial charge in [-0.2, -0.15) is 0 Å². The second-order valence-corrected chi connectivity index (χ2v) is 8.49. The van der Waals surface area contributed by atoms with E-state index in [1.165, 1.54) is 0 Å². The van der Waals surface area contributed by atoms with Gasteiger partial charge >= 0.3 is 5.97 Å². The largest absolute Gasteiger partial charge is 0.478 e. The van der Waals surface area contributed by atoms with Crippen molar-refractivity contribution in [1.29, 1.82) is 0 Å². The van der Waals surface area contributed by atoms with Gasteiger partial charge in [0.05, 0.1) is 11.1 Å². The van der Waals surface area contributed by atoms with Gasteiger partial charge in [-0.25, -0.2) is 22.9 Å². The molecule has 0 bridgehead atoms. The van der Waals surface area contributed by atoms with E-state index in [4.69, 9.17) is 0 Å². The fourth-order valence-corrected chi connectivity index (χ4v) is 4.78. The molecule has 182 valence electrons. The number of nitrogens with zero attached hydrogens (tertiary/aromatic N) is 4. The molecule has 4 heterocycles. The molecular formula is C24H28F3N5O2. The van der Waals surface area contributed by atoms with Crippen LogP contribution >= 0.6 is 0 Å². The molecular weight excluding hydrogens is 447 g/mol. The van der Waals surface area contributed by atoms with Crippen molar-refractivity contribution < 1.29 is 23.1 Å². The lowest BCUT2D eigenvalue weighted by Crippen LogP contribution is -2.51. The molecule has 34 heavy (non-hydrogen) atoms. The number of fused-ring (bicyclic) bond motifs is 1. The number of hydrogen-bond donors (Lipinski definition) is 2. The second kappa shape index (κ2) is 9.63. The highest BCUT2D eigenvalue weighted by Crippen LogP contribution is 2.34. The minimum absolute atomic E-state index is 0.178. The van der Waals surface area contributed by atoms with E-state index >= 15 is 0 Å². The quantitative estimate of drug-likeness (QED) is 0.497. The van der Waals surface area contributed by atoms with Crippen molar-refractivity contribution in [3.8, 4) is 11.1 Å². The van der Waals surface area contributed by atoms with Crippen molar-refractivity contribution in [1.82, 2.24) is 19.2 Å². The molecule has 1 aliphatic heterocycles. The van der Waals surface area contributed by atoms with Crippen molar-refractivity contribution in [2.24, 2.45) is 0 Å². The number of carbonyl (C=O) groups is 1. The number of aromatic nitrogens is 2. The number of halogens is 3. The second-order valence-electron chi connectivity index (χ2n) is 8.49. The lowest BCUT2D eigenvalue weighted by molar-refractivity contribution is -0.0688. The van der Waals surface area contributed by atoms with Crippen LogP contribution in [0.3, 0.4) is 0 Å². The standard InChI is InChI=1S/C24H28F3N5O2/c1-14-18(24(33)34)13-19-17(16-4-6-29-20(12-16)28-3)5-7-32(19)21(14)15(2)30-8-10-31(11-9-30)23(27)22(25)26/h4-7,12-13,15,22-23H,8-11H2,1-3H3,(H,28,29)(H,33,34). The Morgan fingerprint density at radius 3 is 2.41 bits per heavy atom. The highest BCUT2D eigenvalue weighted by atomic mass is 19.3. The van der Waals surface area contributed by atoms with Gasteiger partial charge in [-0.15, -0.1) is 0 Å². The maximum atomic E-state index is 13.8. The van der Waals surface area contributed by atoms with Gasteiger partial charge in [0.2, 0.25) is 6.30 Å². The molecule has 0 aliphatic carbocycles. The topological polar surface area (TPSA) is 73.1 Å². The van der Waals surface area contributed by atoms with E-state index in [0.717, 1.165) is 27.2 Å². The summed E-state index contributed by atoms with van der Waals surface area (Å²) in [5.41, 5.74) is 4.17. The monoisotopic (exact) mass is 475 g/mol. The van der Waals surface area contributed by atoms with Gasteiger partial charge in [-0.05, 0) is 49.2 Å². The molecule has 2 unspecified atom stereocenters. The predicted octanol–water partition coefficient (Wildman–Crippen LogP) is 4.29. The third kappa shape index (κ3) is 4.35. The van der Waals surface area contributed by atoms with Gasteiger partial charge in [-0.1, -0.05) is 0 Å². The third-order valence-corrected chi connectivity index (χ3v) is 6.66. The first-order valence-electron chi connectivity index (χ1n) is 11.1. The van der Waals surface area contributed by atoms with Crippen LogP contribution in [0.5, 0.6) is 0 Å². The molecule has 1 saturated heterocycles. The predicted molar refractivity (Wildman–Crippen MR) is 124 cm³/mol. The zero-order valence-electron chi connectivity index (χ0n) is 19.3. The highest BCUT2D eigenvalue weighted by Gasteiger charge is 2.32. The summed E-state index contributed by atoms with van der Waals surface area (Å²) in [7, 11) is 1.78. The molecule has 4 rings (SSSR count). The number of carboxylic acids is 1. The average Bonchev–Trinajstić information content (AvgIpc) is 3.26.